The van der Waals surface area contributed by atoms with Gasteiger partial charge in [-0.05, 0) is 37.5 Å². The molecule has 3 rings (SSSR count). The van der Waals surface area contributed by atoms with Gasteiger partial charge in [-0.15, -0.1) is 11.3 Å². The minimum Gasteiger partial charge on any atom is -0.352 e. The van der Waals surface area contributed by atoms with Gasteiger partial charge in [-0.2, -0.15) is 0 Å². The normalized spacial score (nSPS) is 14.8. The molecule has 1 aliphatic carbocycles. The minimum atomic E-state index is -0.0780. The number of hydrogen-bond donors (Lipinski definition) is 1. The molecule has 0 bridgehead atoms. The first-order valence-electron chi connectivity index (χ1n) is 9.31. The van der Waals surface area contributed by atoms with E-state index in [2.05, 4.69) is 5.32 Å². The van der Waals surface area contributed by atoms with Crippen molar-refractivity contribution in [1.82, 2.24) is 10.2 Å². The van der Waals surface area contributed by atoms with Gasteiger partial charge in [0.25, 0.3) is 5.91 Å². The highest BCUT2D eigenvalue weighted by molar-refractivity contribution is 7.13. The number of aryl methyl sites for hydroxylation is 1. The van der Waals surface area contributed by atoms with Crippen LogP contribution < -0.4 is 5.32 Å². The van der Waals surface area contributed by atoms with E-state index in [1.165, 1.54) is 30.6 Å². The van der Waals surface area contributed by atoms with Gasteiger partial charge in [0.2, 0.25) is 5.91 Å². The van der Waals surface area contributed by atoms with Crippen LogP contribution in [0.3, 0.4) is 0 Å². The molecule has 1 aromatic carbocycles. The Kier molecular flexibility index (Phi) is 6.45. The van der Waals surface area contributed by atoms with E-state index < -0.39 is 0 Å². The van der Waals surface area contributed by atoms with Crippen LogP contribution in [0, 0.1) is 6.92 Å². The fourth-order valence-electron chi connectivity index (χ4n) is 3.40. The van der Waals surface area contributed by atoms with Gasteiger partial charge in [0.15, 0.2) is 0 Å². The molecule has 4 nitrogen and oxygen atoms in total. The lowest BCUT2D eigenvalue weighted by atomic mass is 9.95. The molecule has 5 heteroatoms. The topological polar surface area (TPSA) is 49.4 Å². The highest BCUT2D eigenvalue weighted by Crippen LogP contribution is 2.20. The average molecular weight is 371 g/mol. The first-order valence-corrected chi connectivity index (χ1v) is 10.1. The van der Waals surface area contributed by atoms with Crippen LogP contribution in [0.4, 0.5) is 0 Å². The lowest BCUT2D eigenvalue weighted by Crippen LogP contribution is -2.44. The van der Waals surface area contributed by atoms with Crippen molar-refractivity contribution in [3.63, 3.8) is 0 Å². The zero-order valence-electron chi connectivity index (χ0n) is 15.2. The van der Waals surface area contributed by atoms with E-state index in [9.17, 15) is 9.59 Å². The minimum absolute atomic E-state index is 0.0607. The van der Waals surface area contributed by atoms with E-state index in [0.717, 1.165) is 23.3 Å². The first-order chi connectivity index (χ1) is 12.6. The lowest BCUT2D eigenvalue weighted by molar-refractivity contribution is -0.122. The summed E-state index contributed by atoms with van der Waals surface area (Å²) in [7, 11) is 0. The highest BCUT2D eigenvalue weighted by atomic mass is 32.1. The molecule has 0 atom stereocenters. The second-order valence-electron chi connectivity index (χ2n) is 6.96. The standard InChI is InChI=1S/C21H26N2O2S/c1-16-12-13-19(26-16)21(25)23(14-17-8-4-2-5-9-17)15-20(24)22-18-10-6-3-7-11-18/h2,4-5,8-9,12-13,18H,3,6-7,10-11,14-15H2,1H3,(H,22,24). The smallest absolute Gasteiger partial charge is 0.264 e. The number of nitrogens with zero attached hydrogens (tertiary/aromatic N) is 1. The third-order valence-electron chi connectivity index (χ3n) is 4.76. The number of amides is 2. The summed E-state index contributed by atoms with van der Waals surface area (Å²) in [6, 6.07) is 13.9. The van der Waals surface area contributed by atoms with Crippen LogP contribution in [0.15, 0.2) is 42.5 Å². The molecule has 1 saturated carbocycles. The van der Waals surface area contributed by atoms with Crippen LogP contribution in [0.5, 0.6) is 0 Å². The van der Waals surface area contributed by atoms with Gasteiger partial charge in [0.05, 0.1) is 4.88 Å². The van der Waals surface area contributed by atoms with Crippen LogP contribution in [0.1, 0.15) is 52.2 Å². The second-order valence-corrected chi connectivity index (χ2v) is 8.25. The van der Waals surface area contributed by atoms with Gasteiger partial charge >= 0.3 is 0 Å². The summed E-state index contributed by atoms with van der Waals surface area (Å²) in [5.41, 5.74) is 1.03. The summed E-state index contributed by atoms with van der Waals surface area (Å²) in [6.45, 7) is 2.52. The second kappa shape index (κ2) is 8.99. The molecule has 0 radical (unpaired) electrons. The van der Waals surface area contributed by atoms with Crippen molar-refractivity contribution >= 4 is 23.2 Å². The number of nitrogens with one attached hydrogen (secondary N) is 1. The van der Waals surface area contributed by atoms with E-state index in [4.69, 9.17) is 0 Å². The maximum absolute atomic E-state index is 12.9. The Morgan fingerprint density at radius 3 is 2.46 bits per heavy atom. The molecule has 0 spiro atoms. The van der Waals surface area contributed by atoms with Crippen molar-refractivity contribution in [1.29, 1.82) is 0 Å². The first kappa shape index (κ1) is 18.6. The molecule has 2 aromatic rings. The van der Waals surface area contributed by atoms with E-state index in [0.29, 0.717) is 11.4 Å². The number of rotatable bonds is 6. The zero-order chi connectivity index (χ0) is 18.4. The van der Waals surface area contributed by atoms with Gasteiger partial charge in [-0.1, -0.05) is 49.6 Å². The van der Waals surface area contributed by atoms with E-state index >= 15 is 0 Å². The fourth-order valence-corrected chi connectivity index (χ4v) is 4.24. The zero-order valence-corrected chi connectivity index (χ0v) is 16.1. The van der Waals surface area contributed by atoms with Gasteiger partial charge in [-0.25, -0.2) is 0 Å². The maximum Gasteiger partial charge on any atom is 0.264 e. The largest absolute Gasteiger partial charge is 0.352 e. The number of thiophene rings is 1. The van der Waals surface area contributed by atoms with Crippen LogP contribution in [-0.2, 0) is 11.3 Å². The van der Waals surface area contributed by atoms with E-state index in [-0.39, 0.29) is 24.4 Å². The van der Waals surface area contributed by atoms with Crippen molar-refractivity contribution in [2.45, 2.75) is 51.6 Å². The third-order valence-corrected chi connectivity index (χ3v) is 5.75. The summed E-state index contributed by atoms with van der Waals surface area (Å²) in [6.07, 6.45) is 5.69. The molecule has 1 aromatic heterocycles. The Morgan fingerprint density at radius 1 is 1.08 bits per heavy atom. The van der Waals surface area contributed by atoms with Crippen molar-refractivity contribution in [2.75, 3.05) is 6.54 Å². The summed E-state index contributed by atoms with van der Waals surface area (Å²) in [5.74, 6) is -0.139. The molecule has 0 saturated heterocycles. The predicted octanol–water partition coefficient (Wildman–Crippen LogP) is 4.15. The Bertz CT molecular complexity index is 735. The molecule has 1 aliphatic rings. The highest BCUT2D eigenvalue weighted by Gasteiger charge is 2.22. The molecule has 0 unspecified atom stereocenters. The Morgan fingerprint density at radius 2 is 1.81 bits per heavy atom. The van der Waals surface area contributed by atoms with Crippen LogP contribution >= 0.6 is 11.3 Å². The molecule has 1 fully saturated rings. The van der Waals surface area contributed by atoms with Gasteiger partial charge in [0, 0.05) is 17.5 Å². The summed E-state index contributed by atoms with van der Waals surface area (Å²) in [5, 5.41) is 3.12. The van der Waals surface area contributed by atoms with Crippen molar-refractivity contribution in [3.05, 3.63) is 57.8 Å². The molecule has 26 heavy (non-hydrogen) atoms. The summed E-state index contributed by atoms with van der Waals surface area (Å²) >= 11 is 1.47. The predicted molar refractivity (Wildman–Crippen MR) is 105 cm³/mol. The van der Waals surface area contributed by atoms with Gasteiger partial charge < -0.3 is 10.2 Å². The Balaban J connectivity index is 1.69. The monoisotopic (exact) mass is 370 g/mol. The van der Waals surface area contributed by atoms with Crippen LogP contribution in [0.25, 0.3) is 0 Å². The van der Waals surface area contributed by atoms with Crippen molar-refractivity contribution < 1.29 is 9.59 Å². The third kappa shape index (κ3) is 5.18. The average Bonchev–Trinajstić information content (AvgIpc) is 3.08. The quantitative estimate of drug-likeness (QED) is 0.830. The molecule has 0 aliphatic heterocycles. The molecular weight excluding hydrogens is 344 g/mol. The van der Waals surface area contributed by atoms with E-state index in [1.807, 2.05) is 49.4 Å². The van der Waals surface area contributed by atoms with Crippen LogP contribution in [0.2, 0.25) is 0 Å². The summed E-state index contributed by atoms with van der Waals surface area (Å²) < 4.78 is 0. The molecule has 138 valence electrons. The number of carbonyl (C=O) groups excluding carboxylic acids is 2. The number of carbonyl (C=O) groups is 2. The fraction of sp³-hybridized carbons (Fsp3) is 0.429. The Labute approximate surface area is 159 Å². The molecule has 2 amide bonds. The van der Waals surface area contributed by atoms with Crippen molar-refractivity contribution in [3.8, 4) is 0 Å². The number of hydrogen-bond acceptors (Lipinski definition) is 3. The van der Waals surface area contributed by atoms with E-state index in [1.54, 1.807) is 4.90 Å². The lowest BCUT2D eigenvalue weighted by Gasteiger charge is -2.26. The van der Waals surface area contributed by atoms with Crippen LogP contribution in [-0.4, -0.2) is 29.3 Å². The molecule has 1 N–H and O–H groups in total. The van der Waals surface area contributed by atoms with Crippen molar-refractivity contribution in [2.24, 2.45) is 0 Å². The summed E-state index contributed by atoms with van der Waals surface area (Å²) in [4.78, 5) is 28.9. The SMILES string of the molecule is Cc1ccc(C(=O)N(CC(=O)NC2CCCCC2)Cc2ccccc2)s1. The molecular formula is C21H26N2O2S. The molecule has 1 heterocycles. The van der Waals surface area contributed by atoms with Gasteiger partial charge in [0.1, 0.15) is 6.54 Å². The van der Waals surface area contributed by atoms with Gasteiger partial charge in [-0.3, -0.25) is 9.59 Å². The Hall–Kier alpha value is -2.14. The number of benzene rings is 1. The maximum atomic E-state index is 12.9.